The highest BCUT2D eigenvalue weighted by Crippen LogP contribution is 2.06. The van der Waals surface area contributed by atoms with Crippen LogP contribution in [0, 0.1) is 0 Å². The summed E-state index contributed by atoms with van der Waals surface area (Å²) in [6.45, 7) is 6.94. The Morgan fingerprint density at radius 3 is 3.07 bits per heavy atom. The van der Waals surface area contributed by atoms with Gasteiger partial charge in [0, 0.05) is 25.7 Å². The van der Waals surface area contributed by atoms with Crippen LogP contribution in [-0.2, 0) is 4.79 Å². The predicted octanol–water partition coefficient (Wildman–Crippen LogP) is 0.950. The fourth-order valence-corrected chi connectivity index (χ4v) is 2.34. The fourth-order valence-electron chi connectivity index (χ4n) is 1.55. The van der Waals surface area contributed by atoms with Gasteiger partial charge in [-0.05, 0) is 19.1 Å². The molecule has 82 valence electrons. The number of nitrogens with one attached hydrogen (secondary N) is 1. The average Bonchev–Trinajstić information content (AvgIpc) is 2.18. The summed E-state index contributed by atoms with van der Waals surface area (Å²) in [5.41, 5.74) is 0. The van der Waals surface area contributed by atoms with Gasteiger partial charge in [-0.15, -0.1) is 0 Å². The third-order valence-electron chi connectivity index (χ3n) is 2.30. The van der Waals surface area contributed by atoms with Crippen LogP contribution in [0.5, 0.6) is 0 Å². The molecule has 1 fully saturated rings. The smallest absolute Gasteiger partial charge is 0.232 e. The zero-order valence-electron chi connectivity index (χ0n) is 9.08. The van der Waals surface area contributed by atoms with Crippen LogP contribution >= 0.6 is 11.8 Å². The van der Waals surface area contributed by atoms with Crippen molar-refractivity contribution in [1.82, 2.24) is 10.2 Å². The first-order chi connectivity index (χ1) is 6.74. The molecule has 3 nitrogen and oxygen atoms in total. The van der Waals surface area contributed by atoms with Crippen molar-refractivity contribution < 1.29 is 4.79 Å². The zero-order chi connectivity index (χ0) is 10.4. The molecule has 1 saturated heterocycles. The lowest BCUT2D eigenvalue weighted by Gasteiger charge is -2.31. The zero-order valence-corrected chi connectivity index (χ0v) is 9.90. The van der Waals surface area contributed by atoms with Gasteiger partial charge in [-0.3, -0.25) is 4.79 Å². The van der Waals surface area contributed by atoms with E-state index in [1.807, 2.05) is 4.90 Å². The van der Waals surface area contributed by atoms with E-state index in [-0.39, 0.29) is 0 Å². The van der Waals surface area contributed by atoms with Gasteiger partial charge in [0.2, 0.25) is 5.91 Å². The van der Waals surface area contributed by atoms with Crippen molar-refractivity contribution >= 4 is 17.7 Å². The fraction of sp³-hybridized carbons (Fsp3) is 0.900. The number of thioether (sulfide) groups is 1. The predicted molar refractivity (Wildman–Crippen MR) is 61.7 cm³/mol. The van der Waals surface area contributed by atoms with Gasteiger partial charge in [0.05, 0.1) is 5.75 Å². The van der Waals surface area contributed by atoms with Gasteiger partial charge >= 0.3 is 0 Å². The SMILES string of the molecule is CCCSCC(=O)N1CCN[C@@H](C)C1. The Balaban J connectivity index is 2.22. The molecule has 0 unspecified atom stereocenters. The molecular weight excluding hydrogens is 196 g/mol. The van der Waals surface area contributed by atoms with Crippen molar-refractivity contribution in [3.8, 4) is 0 Å². The summed E-state index contributed by atoms with van der Waals surface area (Å²) in [7, 11) is 0. The van der Waals surface area contributed by atoms with Crippen LogP contribution in [-0.4, -0.2) is 48.0 Å². The summed E-state index contributed by atoms with van der Waals surface area (Å²) >= 11 is 1.74. The quantitative estimate of drug-likeness (QED) is 0.710. The molecule has 1 heterocycles. The minimum Gasteiger partial charge on any atom is -0.339 e. The van der Waals surface area contributed by atoms with Gasteiger partial charge in [-0.2, -0.15) is 11.8 Å². The minimum atomic E-state index is 0.303. The average molecular weight is 216 g/mol. The van der Waals surface area contributed by atoms with E-state index in [0.717, 1.165) is 31.8 Å². The highest BCUT2D eigenvalue weighted by atomic mass is 32.2. The third-order valence-corrected chi connectivity index (χ3v) is 3.44. The monoisotopic (exact) mass is 216 g/mol. The Bertz CT molecular complexity index is 187. The Morgan fingerprint density at radius 2 is 2.43 bits per heavy atom. The molecule has 0 radical (unpaired) electrons. The molecule has 1 N–H and O–H groups in total. The van der Waals surface area contributed by atoms with E-state index in [0.29, 0.717) is 17.7 Å². The molecule has 4 heteroatoms. The Kier molecular flexibility index (Phi) is 5.33. The maximum Gasteiger partial charge on any atom is 0.232 e. The number of hydrogen-bond donors (Lipinski definition) is 1. The second-order valence-corrected chi connectivity index (χ2v) is 4.85. The van der Waals surface area contributed by atoms with Crippen molar-refractivity contribution in [2.75, 3.05) is 31.1 Å². The van der Waals surface area contributed by atoms with E-state index < -0.39 is 0 Å². The third kappa shape index (κ3) is 3.88. The summed E-state index contributed by atoms with van der Waals surface area (Å²) in [5, 5.41) is 3.33. The molecule has 14 heavy (non-hydrogen) atoms. The molecule has 1 amide bonds. The maximum absolute atomic E-state index is 11.7. The summed E-state index contributed by atoms with van der Waals surface area (Å²) in [6.07, 6.45) is 1.15. The lowest BCUT2D eigenvalue weighted by atomic mass is 10.2. The molecule has 1 aliphatic heterocycles. The number of carbonyl (C=O) groups excluding carboxylic acids is 1. The van der Waals surface area contributed by atoms with Crippen molar-refractivity contribution in [2.24, 2.45) is 0 Å². The molecule has 0 aromatic rings. The Morgan fingerprint density at radius 1 is 1.64 bits per heavy atom. The van der Waals surface area contributed by atoms with Gasteiger partial charge in [0.1, 0.15) is 0 Å². The summed E-state index contributed by atoms with van der Waals surface area (Å²) < 4.78 is 0. The molecule has 0 aromatic carbocycles. The molecule has 1 atom stereocenters. The summed E-state index contributed by atoms with van der Waals surface area (Å²) in [4.78, 5) is 13.7. The number of carbonyl (C=O) groups is 1. The van der Waals surface area contributed by atoms with Crippen LogP contribution in [0.1, 0.15) is 20.3 Å². The summed E-state index contributed by atoms with van der Waals surface area (Å²) in [6, 6.07) is 0.448. The van der Waals surface area contributed by atoms with Crippen molar-refractivity contribution in [2.45, 2.75) is 26.3 Å². The maximum atomic E-state index is 11.7. The number of nitrogens with zero attached hydrogens (tertiary/aromatic N) is 1. The lowest BCUT2D eigenvalue weighted by molar-refractivity contribution is -0.129. The first-order valence-electron chi connectivity index (χ1n) is 5.33. The van der Waals surface area contributed by atoms with E-state index in [2.05, 4.69) is 19.2 Å². The molecule has 0 aliphatic carbocycles. The van der Waals surface area contributed by atoms with Crippen molar-refractivity contribution in [3.05, 3.63) is 0 Å². The first kappa shape index (κ1) is 11.9. The molecular formula is C10H20N2OS. The highest BCUT2D eigenvalue weighted by Gasteiger charge is 2.19. The van der Waals surface area contributed by atoms with E-state index in [1.54, 1.807) is 11.8 Å². The number of amides is 1. The van der Waals surface area contributed by atoms with Crippen LogP contribution in [0.4, 0.5) is 0 Å². The largest absolute Gasteiger partial charge is 0.339 e. The Hall–Kier alpha value is -0.220. The van der Waals surface area contributed by atoms with E-state index in [1.165, 1.54) is 0 Å². The van der Waals surface area contributed by atoms with Crippen LogP contribution < -0.4 is 5.32 Å². The second-order valence-electron chi connectivity index (χ2n) is 3.75. The minimum absolute atomic E-state index is 0.303. The van der Waals surface area contributed by atoms with Gasteiger partial charge in [-0.1, -0.05) is 6.92 Å². The number of hydrogen-bond acceptors (Lipinski definition) is 3. The van der Waals surface area contributed by atoms with E-state index in [4.69, 9.17) is 0 Å². The molecule has 1 aliphatic rings. The topological polar surface area (TPSA) is 32.3 Å². The van der Waals surface area contributed by atoms with Crippen LogP contribution in [0.2, 0.25) is 0 Å². The van der Waals surface area contributed by atoms with Gasteiger partial charge < -0.3 is 10.2 Å². The van der Waals surface area contributed by atoms with Gasteiger partial charge in [0.25, 0.3) is 0 Å². The molecule has 0 aromatic heterocycles. The van der Waals surface area contributed by atoms with Gasteiger partial charge in [-0.25, -0.2) is 0 Å². The van der Waals surface area contributed by atoms with Crippen molar-refractivity contribution in [1.29, 1.82) is 0 Å². The van der Waals surface area contributed by atoms with Crippen molar-refractivity contribution in [3.63, 3.8) is 0 Å². The number of rotatable bonds is 4. The normalized spacial score (nSPS) is 22.4. The number of piperazine rings is 1. The van der Waals surface area contributed by atoms with Crippen LogP contribution in [0.25, 0.3) is 0 Å². The standard InChI is InChI=1S/C10H20N2OS/c1-3-6-14-8-10(13)12-5-4-11-9(2)7-12/h9,11H,3-8H2,1-2H3/t9-/m0/s1. The van der Waals surface area contributed by atoms with Crippen LogP contribution in [0.3, 0.4) is 0 Å². The second kappa shape index (κ2) is 6.30. The van der Waals surface area contributed by atoms with Crippen LogP contribution in [0.15, 0.2) is 0 Å². The molecule has 0 spiro atoms. The first-order valence-corrected chi connectivity index (χ1v) is 6.48. The van der Waals surface area contributed by atoms with E-state index >= 15 is 0 Å². The molecule has 0 saturated carbocycles. The van der Waals surface area contributed by atoms with E-state index in [9.17, 15) is 4.79 Å². The van der Waals surface area contributed by atoms with Gasteiger partial charge in [0.15, 0.2) is 0 Å². The highest BCUT2D eigenvalue weighted by molar-refractivity contribution is 7.99. The lowest BCUT2D eigenvalue weighted by Crippen LogP contribution is -2.51. The Labute approximate surface area is 90.6 Å². The molecule has 0 bridgehead atoms. The molecule has 1 rings (SSSR count). The summed E-state index contributed by atoms with van der Waals surface area (Å²) in [5.74, 6) is 2.05.